The lowest BCUT2D eigenvalue weighted by atomic mass is 10.3. The van der Waals surface area contributed by atoms with Gasteiger partial charge in [0, 0.05) is 27.3 Å². The van der Waals surface area contributed by atoms with Gasteiger partial charge in [0.1, 0.15) is 0 Å². The van der Waals surface area contributed by atoms with E-state index in [0.717, 1.165) is 5.67 Å². The van der Waals surface area contributed by atoms with Crippen LogP contribution in [0.2, 0.25) is 30.3 Å². The van der Waals surface area contributed by atoms with Gasteiger partial charge in [0.25, 0.3) is 0 Å². The number of rotatable bonds is 4. The molecule has 14 heavy (non-hydrogen) atoms. The summed E-state index contributed by atoms with van der Waals surface area (Å²) in [5, 5.41) is 0.150. The minimum atomic E-state index is -2.02. The maximum atomic E-state index is 5.78. The fourth-order valence-electron chi connectivity index (χ4n) is 1.80. The minimum absolute atomic E-state index is 0.150. The SMILES string of the molecule is CO[Si](C[Si](C)(C)C)(OC)C(C)(C)C. The first-order valence-corrected chi connectivity index (χ1v) is 10.9. The molecule has 0 radical (unpaired) electrons. The monoisotopic (exact) mass is 234 g/mol. The average molecular weight is 234 g/mol. The van der Waals surface area contributed by atoms with Crippen LogP contribution in [0.15, 0.2) is 0 Å². The molecule has 0 saturated carbocycles. The van der Waals surface area contributed by atoms with Crippen LogP contribution >= 0.6 is 0 Å². The largest absolute Gasteiger partial charge is 0.397 e. The van der Waals surface area contributed by atoms with Gasteiger partial charge in [-0.15, -0.1) is 0 Å². The average Bonchev–Trinajstić information content (AvgIpc) is 1.96. The van der Waals surface area contributed by atoms with Crippen LogP contribution in [0.5, 0.6) is 0 Å². The van der Waals surface area contributed by atoms with Crippen molar-refractivity contribution in [3.05, 3.63) is 0 Å². The zero-order valence-corrected chi connectivity index (χ0v) is 13.0. The van der Waals surface area contributed by atoms with Crippen LogP contribution in [-0.2, 0) is 8.85 Å². The van der Waals surface area contributed by atoms with Gasteiger partial charge in [0.15, 0.2) is 0 Å². The van der Waals surface area contributed by atoms with E-state index in [1.807, 2.05) is 0 Å². The maximum absolute atomic E-state index is 5.78. The Morgan fingerprint density at radius 2 is 1.29 bits per heavy atom. The molecule has 0 bridgehead atoms. The molecule has 0 amide bonds. The third-order valence-corrected chi connectivity index (χ3v) is 12.3. The second-order valence-electron chi connectivity index (χ2n) is 6.15. The zero-order chi connectivity index (χ0) is 11.6. The van der Waals surface area contributed by atoms with Gasteiger partial charge in [0.05, 0.1) is 0 Å². The standard InChI is InChI=1S/C10H26O2Si2/c1-10(2,3)14(11-4,12-5)9-13(6,7)8/h9H2,1-8H3. The molecule has 0 aliphatic heterocycles. The lowest BCUT2D eigenvalue weighted by molar-refractivity contribution is 0.219. The van der Waals surface area contributed by atoms with Gasteiger partial charge in [0.2, 0.25) is 0 Å². The van der Waals surface area contributed by atoms with Crippen molar-refractivity contribution < 1.29 is 8.85 Å². The maximum Gasteiger partial charge on any atom is 0.340 e. The summed E-state index contributed by atoms with van der Waals surface area (Å²) in [4.78, 5) is 0. The van der Waals surface area contributed by atoms with Gasteiger partial charge in [-0.25, -0.2) is 0 Å². The highest BCUT2D eigenvalue weighted by atomic mass is 28.4. The van der Waals surface area contributed by atoms with E-state index in [0.29, 0.717) is 0 Å². The predicted molar refractivity (Wildman–Crippen MR) is 67.6 cm³/mol. The van der Waals surface area contributed by atoms with Gasteiger partial charge >= 0.3 is 8.56 Å². The van der Waals surface area contributed by atoms with E-state index in [9.17, 15) is 0 Å². The highest BCUT2D eigenvalue weighted by molar-refractivity contribution is 6.91. The molecule has 0 rings (SSSR count). The molecule has 0 aromatic heterocycles. The molecule has 0 unspecified atom stereocenters. The third-order valence-electron chi connectivity index (χ3n) is 2.57. The van der Waals surface area contributed by atoms with Gasteiger partial charge in [-0.3, -0.25) is 0 Å². The van der Waals surface area contributed by atoms with E-state index in [1.54, 1.807) is 14.2 Å². The fraction of sp³-hybridized carbons (Fsp3) is 1.00. The molecule has 4 heteroatoms. The number of hydrogen-bond acceptors (Lipinski definition) is 2. The van der Waals surface area contributed by atoms with Crippen LogP contribution in [0.3, 0.4) is 0 Å². The highest BCUT2D eigenvalue weighted by Crippen LogP contribution is 2.41. The van der Waals surface area contributed by atoms with E-state index in [4.69, 9.17) is 8.85 Å². The summed E-state index contributed by atoms with van der Waals surface area (Å²) >= 11 is 0. The Morgan fingerprint density at radius 1 is 0.929 bits per heavy atom. The Morgan fingerprint density at radius 3 is 1.36 bits per heavy atom. The summed E-state index contributed by atoms with van der Waals surface area (Å²) < 4.78 is 11.6. The molecule has 0 aromatic rings. The molecule has 0 atom stereocenters. The van der Waals surface area contributed by atoms with Crippen LogP contribution in [-0.4, -0.2) is 30.9 Å². The van der Waals surface area contributed by atoms with Crippen molar-refractivity contribution in [1.29, 1.82) is 0 Å². The summed E-state index contributed by atoms with van der Waals surface area (Å²) in [6.07, 6.45) is 0. The van der Waals surface area contributed by atoms with Gasteiger partial charge in [-0.2, -0.15) is 0 Å². The van der Waals surface area contributed by atoms with Crippen LogP contribution in [0.25, 0.3) is 0 Å². The first-order chi connectivity index (χ1) is 6.08. The Bertz CT molecular complexity index is 176. The zero-order valence-electron chi connectivity index (χ0n) is 11.0. The molecular formula is C10H26O2Si2. The van der Waals surface area contributed by atoms with E-state index in [2.05, 4.69) is 40.4 Å². The van der Waals surface area contributed by atoms with Gasteiger partial charge in [-0.1, -0.05) is 40.4 Å². The smallest absolute Gasteiger partial charge is 0.340 e. The molecule has 2 nitrogen and oxygen atoms in total. The van der Waals surface area contributed by atoms with Crippen molar-refractivity contribution >= 4 is 16.6 Å². The van der Waals surface area contributed by atoms with Crippen LogP contribution in [0, 0.1) is 0 Å². The van der Waals surface area contributed by atoms with Crippen molar-refractivity contribution in [2.45, 2.75) is 51.1 Å². The van der Waals surface area contributed by atoms with Crippen molar-refractivity contribution in [2.24, 2.45) is 0 Å². The summed E-state index contributed by atoms with van der Waals surface area (Å²) in [6.45, 7) is 13.8. The van der Waals surface area contributed by atoms with Crippen LogP contribution in [0.1, 0.15) is 20.8 Å². The molecule has 0 N–H and O–H groups in total. The van der Waals surface area contributed by atoms with E-state index in [-0.39, 0.29) is 5.04 Å². The van der Waals surface area contributed by atoms with E-state index >= 15 is 0 Å². The summed E-state index contributed by atoms with van der Waals surface area (Å²) in [5.41, 5.74) is 1.16. The quantitative estimate of drug-likeness (QED) is 0.694. The Labute approximate surface area is 91.3 Å². The molecule has 0 aliphatic carbocycles. The Kier molecular flexibility index (Phi) is 4.58. The van der Waals surface area contributed by atoms with Crippen molar-refractivity contribution in [3.63, 3.8) is 0 Å². The number of hydrogen-bond donors (Lipinski definition) is 0. The van der Waals surface area contributed by atoms with Gasteiger partial charge < -0.3 is 8.85 Å². The first-order valence-electron chi connectivity index (χ1n) is 5.18. The molecule has 86 valence electrons. The molecule has 0 heterocycles. The van der Waals surface area contributed by atoms with E-state index in [1.165, 1.54) is 0 Å². The molecular weight excluding hydrogens is 208 g/mol. The highest BCUT2D eigenvalue weighted by Gasteiger charge is 2.50. The fourth-order valence-corrected chi connectivity index (χ4v) is 12.1. The Balaban J connectivity index is 4.91. The first kappa shape index (κ1) is 14.4. The molecule has 0 spiro atoms. The molecule has 0 saturated heterocycles. The summed E-state index contributed by atoms with van der Waals surface area (Å²) in [7, 11) is 0.462. The minimum Gasteiger partial charge on any atom is -0.397 e. The Hall–Kier alpha value is 0.354. The van der Waals surface area contributed by atoms with Crippen molar-refractivity contribution in [1.82, 2.24) is 0 Å². The summed E-state index contributed by atoms with van der Waals surface area (Å²) in [5.74, 6) is 0. The lowest BCUT2D eigenvalue weighted by Crippen LogP contribution is -2.53. The van der Waals surface area contributed by atoms with Crippen molar-refractivity contribution in [2.75, 3.05) is 14.2 Å². The second kappa shape index (κ2) is 4.47. The summed E-state index contributed by atoms with van der Waals surface area (Å²) in [6, 6.07) is 0. The van der Waals surface area contributed by atoms with Crippen LogP contribution < -0.4 is 0 Å². The van der Waals surface area contributed by atoms with Crippen LogP contribution in [0.4, 0.5) is 0 Å². The molecule has 0 aromatic carbocycles. The van der Waals surface area contributed by atoms with Gasteiger partial charge in [-0.05, 0) is 5.67 Å². The van der Waals surface area contributed by atoms with Crippen molar-refractivity contribution in [3.8, 4) is 0 Å². The van der Waals surface area contributed by atoms with E-state index < -0.39 is 16.6 Å². The normalized spacial score (nSPS) is 14.6. The lowest BCUT2D eigenvalue weighted by Gasteiger charge is -2.41. The second-order valence-corrected chi connectivity index (χ2v) is 16.5. The predicted octanol–water partition coefficient (Wildman–Crippen LogP) is 3.40. The third kappa shape index (κ3) is 3.49. The molecule has 0 fully saturated rings. The topological polar surface area (TPSA) is 18.5 Å². The molecule has 0 aliphatic rings.